The fourth-order valence-electron chi connectivity index (χ4n) is 3.14. The van der Waals surface area contributed by atoms with Gasteiger partial charge in [0, 0.05) is 31.5 Å². The number of thioether (sulfide) groups is 1. The van der Waals surface area contributed by atoms with Crippen molar-refractivity contribution in [3.05, 3.63) is 29.8 Å². The smallest absolute Gasteiger partial charge is 0.225 e. The van der Waals surface area contributed by atoms with Crippen molar-refractivity contribution in [2.75, 3.05) is 26.5 Å². The second-order valence-corrected chi connectivity index (χ2v) is 7.79. The van der Waals surface area contributed by atoms with Crippen molar-refractivity contribution < 1.29 is 14.6 Å². The first kappa shape index (κ1) is 19.3. The first-order valence-electron chi connectivity index (χ1n) is 8.66. The molecule has 4 nitrogen and oxygen atoms in total. The average Bonchev–Trinajstić information content (AvgIpc) is 2.60. The molecule has 1 aromatic rings. The highest BCUT2D eigenvalue weighted by molar-refractivity contribution is 7.99. The molecule has 0 aliphatic heterocycles. The van der Waals surface area contributed by atoms with E-state index in [0.717, 1.165) is 25.1 Å². The fourth-order valence-corrected chi connectivity index (χ4v) is 3.98. The van der Waals surface area contributed by atoms with Gasteiger partial charge < -0.3 is 14.7 Å². The highest BCUT2D eigenvalue weighted by atomic mass is 32.2. The molecule has 1 aromatic carbocycles. The summed E-state index contributed by atoms with van der Waals surface area (Å²) in [5.74, 6) is 1.17. The third-order valence-electron chi connectivity index (χ3n) is 4.71. The Bertz CT molecular complexity index is 520. The zero-order valence-electron chi connectivity index (χ0n) is 14.9. The van der Waals surface area contributed by atoms with E-state index in [1.165, 1.54) is 10.5 Å². The molecule has 1 aliphatic carbocycles. The van der Waals surface area contributed by atoms with Gasteiger partial charge in [0.05, 0.1) is 12.2 Å². The van der Waals surface area contributed by atoms with Crippen LogP contribution in [0.15, 0.2) is 29.2 Å². The quantitative estimate of drug-likeness (QED) is 0.606. The summed E-state index contributed by atoms with van der Waals surface area (Å²) in [4.78, 5) is 15.7. The van der Waals surface area contributed by atoms with Gasteiger partial charge in [-0.1, -0.05) is 17.7 Å². The molecule has 24 heavy (non-hydrogen) atoms. The molecule has 1 amide bonds. The minimum absolute atomic E-state index is 0.0203. The Morgan fingerprint density at radius 2 is 2.04 bits per heavy atom. The SMILES string of the molecule is CO[C@@H]1C[C@H](C(=O)N(C)CCCSc2ccc(C)cc2)CC[C@@H]1O. The number of hydrogen-bond donors (Lipinski definition) is 1. The number of methoxy groups -OCH3 is 1. The van der Waals surface area contributed by atoms with Crippen LogP contribution in [-0.4, -0.2) is 54.6 Å². The van der Waals surface area contributed by atoms with Crippen LogP contribution in [-0.2, 0) is 9.53 Å². The summed E-state index contributed by atoms with van der Waals surface area (Å²) in [5, 5.41) is 9.85. The normalized spacial score (nSPS) is 23.9. The molecule has 0 aromatic heterocycles. The van der Waals surface area contributed by atoms with Gasteiger partial charge in [0.1, 0.15) is 0 Å². The lowest BCUT2D eigenvalue weighted by Crippen LogP contribution is -2.42. The lowest BCUT2D eigenvalue weighted by Gasteiger charge is -2.33. The Labute approximate surface area is 149 Å². The summed E-state index contributed by atoms with van der Waals surface area (Å²) < 4.78 is 5.30. The minimum Gasteiger partial charge on any atom is -0.390 e. The third-order valence-corrected chi connectivity index (χ3v) is 5.81. The lowest BCUT2D eigenvalue weighted by atomic mass is 9.84. The zero-order valence-corrected chi connectivity index (χ0v) is 15.7. The summed E-state index contributed by atoms with van der Waals surface area (Å²) in [5.41, 5.74) is 1.27. The number of ether oxygens (including phenoxy) is 1. The Morgan fingerprint density at radius 3 is 2.71 bits per heavy atom. The van der Waals surface area contributed by atoms with Crippen molar-refractivity contribution in [1.82, 2.24) is 4.90 Å². The Kier molecular flexibility index (Phi) is 7.59. The molecule has 1 aliphatic rings. The number of carbonyl (C=O) groups excluding carboxylic acids is 1. The van der Waals surface area contributed by atoms with Gasteiger partial charge in [-0.25, -0.2) is 0 Å². The largest absolute Gasteiger partial charge is 0.390 e. The van der Waals surface area contributed by atoms with Crippen LogP contribution in [0.25, 0.3) is 0 Å². The number of aliphatic hydroxyl groups is 1. The molecule has 3 atom stereocenters. The van der Waals surface area contributed by atoms with Crippen molar-refractivity contribution >= 4 is 17.7 Å². The van der Waals surface area contributed by atoms with Crippen LogP contribution in [0.1, 0.15) is 31.2 Å². The van der Waals surface area contributed by atoms with Crippen molar-refractivity contribution in [1.29, 1.82) is 0 Å². The van der Waals surface area contributed by atoms with E-state index in [1.807, 2.05) is 23.7 Å². The highest BCUT2D eigenvalue weighted by Crippen LogP contribution is 2.28. The minimum atomic E-state index is -0.435. The van der Waals surface area contributed by atoms with Gasteiger partial charge >= 0.3 is 0 Å². The molecule has 0 bridgehead atoms. The number of rotatable bonds is 7. The number of carbonyl (C=O) groups is 1. The predicted molar refractivity (Wildman–Crippen MR) is 98.3 cm³/mol. The second kappa shape index (κ2) is 9.44. The van der Waals surface area contributed by atoms with Crippen molar-refractivity contribution in [2.45, 2.75) is 49.7 Å². The number of hydrogen-bond acceptors (Lipinski definition) is 4. The number of aryl methyl sites for hydroxylation is 1. The molecule has 0 spiro atoms. The maximum atomic E-state index is 12.5. The van der Waals surface area contributed by atoms with Crippen LogP contribution < -0.4 is 0 Å². The van der Waals surface area contributed by atoms with E-state index in [4.69, 9.17) is 4.74 Å². The second-order valence-electron chi connectivity index (χ2n) is 6.63. The molecule has 1 saturated carbocycles. The van der Waals surface area contributed by atoms with Crippen molar-refractivity contribution in [2.24, 2.45) is 5.92 Å². The van der Waals surface area contributed by atoms with Gasteiger partial charge in [-0.3, -0.25) is 4.79 Å². The molecule has 0 saturated heterocycles. The molecule has 2 rings (SSSR count). The van der Waals surface area contributed by atoms with Crippen LogP contribution in [0.2, 0.25) is 0 Å². The molecular weight excluding hydrogens is 322 g/mol. The summed E-state index contributed by atoms with van der Waals surface area (Å²) in [6.07, 6.45) is 2.35. The van der Waals surface area contributed by atoms with Crippen molar-refractivity contribution in [3.63, 3.8) is 0 Å². The molecule has 0 heterocycles. The van der Waals surface area contributed by atoms with E-state index in [2.05, 4.69) is 31.2 Å². The van der Waals surface area contributed by atoms with Crippen molar-refractivity contribution in [3.8, 4) is 0 Å². The highest BCUT2D eigenvalue weighted by Gasteiger charge is 2.34. The maximum Gasteiger partial charge on any atom is 0.225 e. The number of benzene rings is 1. The van der Waals surface area contributed by atoms with Crippen LogP contribution in [0.4, 0.5) is 0 Å². The zero-order chi connectivity index (χ0) is 17.5. The molecular formula is C19H29NO3S. The predicted octanol–water partition coefficient (Wildman–Crippen LogP) is 3.11. The third kappa shape index (κ3) is 5.50. The Morgan fingerprint density at radius 1 is 1.33 bits per heavy atom. The summed E-state index contributed by atoms with van der Waals surface area (Å²) in [6, 6.07) is 8.55. The molecule has 1 fully saturated rings. The van der Waals surface area contributed by atoms with Gasteiger partial charge in [-0.2, -0.15) is 0 Å². The van der Waals surface area contributed by atoms with Crippen LogP contribution in [0.3, 0.4) is 0 Å². The molecule has 134 valence electrons. The topological polar surface area (TPSA) is 49.8 Å². The maximum absolute atomic E-state index is 12.5. The van der Waals surface area contributed by atoms with E-state index in [1.54, 1.807) is 7.11 Å². The summed E-state index contributed by atoms with van der Waals surface area (Å²) >= 11 is 1.83. The monoisotopic (exact) mass is 351 g/mol. The van der Waals surface area contributed by atoms with Gasteiger partial charge in [0.15, 0.2) is 0 Å². The Hall–Kier alpha value is -1.04. The number of nitrogens with zero attached hydrogens (tertiary/aromatic N) is 1. The first-order valence-corrected chi connectivity index (χ1v) is 9.65. The lowest BCUT2D eigenvalue weighted by molar-refractivity contribution is -0.139. The molecule has 1 N–H and O–H groups in total. The summed E-state index contributed by atoms with van der Waals surface area (Å²) in [7, 11) is 3.48. The standard InChI is InChI=1S/C19H29NO3S/c1-14-5-8-16(9-6-14)24-12-4-11-20(2)19(22)15-7-10-17(21)18(13-15)23-3/h5-6,8-9,15,17-18,21H,4,7,10-13H2,1-3H3/t15-,17+,18-/m1/s1. The summed E-state index contributed by atoms with van der Waals surface area (Å²) in [6.45, 7) is 2.86. The van der Waals surface area contributed by atoms with Crippen LogP contribution in [0.5, 0.6) is 0 Å². The first-order chi connectivity index (χ1) is 11.5. The Balaban J connectivity index is 1.70. The van der Waals surface area contributed by atoms with E-state index in [-0.39, 0.29) is 17.9 Å². The number of amides is 1. The van der Waals surface area contributed by atoms with Crippen LogP contribution >= 0.6 is 11.8 Å². The van der Waals surface area contributed by atoms with E-state index in [9.17, 15) is 9.90 Å². The van der Waals surface area contributed by atoms with Crippen LogP contribution in [0, 0.1) is 12.8 Å². The van der Waals surface area contributed by atoms with E-state index < -0.39 is 6.10 Å². The van der Waals surface area contributed by atoms with Gasteiger partial charge in [-0.05, 0) is 50.5 Å². The molecule has 0 unspecified atom stereocenters. The van der Waals surface area contributed by atoms with E-state index in [0.29, 0.717) is 12.8 Å². The van der Waals surface area contributed by atoms with Gasteiger partial charge in [0.2, 0.25) is 5.91 Å². The van der Waals surface area contributed by atoms with Gasteiger partial charge in [-0.15, -0.1) is 11.8 Å². The number of aliphatic hydroxyl groups excluding tert-OH is 1. The molecule has 0 radical (unpaired) electrons. The average molecular weight is 352 g/mol. The molecule has 5 heteroatoms. The van der Waals surface area contributed by atoms with Gasteiger partial charge in [0.25, 0.3) is 0 Å². The fraction of sp³-hybridized carbons (Fsp3) is 0.632. The van der Waals surface area contributed by atoms with E-state index >= 15 is 0 Å².